The van der Waals surface area contributed by atoms with Crippen LogP contribution in [0.1, 0.15) is 12.0 Å². The van der Waals surface area contributed by atoms with Crippen molar-refractivity contribution in [1.29, 1.82) is 0 Å². The third-order valence-corrected chi connectivity index (χ3v) is 4.98. The summed E-state index contributed by atoms with van der Waals surface area (Å²) in [5, 5.41) is 3.27. The maximum atomic E-state index is 12.0. The van der Waals surface area contributed by atoms with Crippen LogP contribution in [0.3, 0.4) is 0 Å². The van der Waals surface area contributed by atoms with E-state index in [0.717, 1.165) is 38.6 Å². The highest BCUT2D eigenvalue weighted by atomic mass is 16.2. The molecule has 6 heteroatoms. The highest BCUT2D eigenvalue weighted by Crippen LogP contribution is 2.18. The number of likely N-dealkylation sites (N-methyl/N-ethyl adjacent to an activating group) is 1. The van der Waals surface area contributed by atoms with Gasteiger partial charge in [0.1, 0.15) is 0 Å². The van der Waals surface area contributed by atoms with Crippen LogP contribution >= 0.6 is 0 Å². The van der Waals surface area contributed by atoms with E-state index in [0.29, 0.717) is 12.6 Å². The van der Waals surface area contributed by atoms with Gasteiger partial charge in [0.15, 0.2) is 5.96 Å². The Balaban J connectivity index is 1.64. The summed E-state index contributed by atoms with van der Waals surface area (Å²) in [5.74, 6) is 0.885. The molecule has 0 bridgehead atoms. The Morgan fingerprint density at radius 3 is 2.65 bits per heavy atom. The van der Waals surface area contributed by atoms with Crippen molar-refractivity contribution in [2.45, 2.75) is 19.0 Å². The van der Waals surface area contributed by atoms with Crippen molar-refractivity contribution >= 4 is 11.9 Å². The van der Waals surface area contributed by atoms with Crippen LogP contribution in [0.25, 0.3) is 0 Å². The zero-order valence-corrected chi connectivity index (χ0v) is 15.8. The summed E-state index contributed by atoms with van der Waals surface area (Å²) in [6, 6.07) is 10.8. The lowest BCUT2D eigenvalue weighted by molar-refractivity contribution is -0.127. The van der Waals surface area contributed by atoms with E-state index in [1.165, 1.54) is 5.56 Å². The molecule has 1 saturated heterocycles. The second-order valence-corrected chi connectivity index (χ2v) is 7.08. The zero-order chi connectivity index (χ0) is 18.4. The van der Waals surface area contributed by atoms with E-state index in [2.05, 4.69) is 39.4 Å². The molecule has 140 valence electrons. The molecule has 0 aliphatic carbocycles. The van der Waals surface area contributed by atoms with Gasteiger partial charge in [-0.15, -0.1) is 0 Å². The molecule has 0 aromatic heterocycles. The molecule has 2 aliphatic rings. The molecule has 2 heterocycles. The molecule has 1 atom stereocenters. The molecule has 6 nitrogen and oxygen atoms in total. The lowest BCUT2D eigenvalue weighted by Crippen LogP contribution is -2.46. The summed E-state index contributed by atoms with van der Waals surface area (Å²) in [5.41, 5.74) is 1.17. The molecule has 0 spiro atoms. The van der Waals surface area contributed by atoms with Crippen LogP contribution in [-0.4, -0.2) is 79.4 Å². The van der Waals surface area contributed by atoms with Gasteiger partial charge in [-0.2, -0.15) is 0 Å². The number of hydrogen-bond donors (Lipinski definition) is 1. The molecular weight excluding hydrogens is 326 g/mol. The van der Waals surface area contributed by atoms with Gasteiger partial charge < -0.3 is 15.1 Å². The fourth-order valence-electron chi connectivity index (χ4n) is 3.35. The first-order chi connectivity index (χ1) is 12.6. The van der Waals surface area contributed by atoms with Crippen molar-refractivity contribution in [3.8, 4) is 0 Å². The number of hydrogen-bond acceptors (Lipinski definition) is 3. The summed E-state index contributed by atoms with van der Waals surface area (Å²) in [7, 11) is 3.55. The van der Waals surface area contributed by atoms with Crippen LogP contribution in [0, 0.1) is 0 Å². The normalized spacial score (nSPS) is 20.6. The number of carbonyl (C=O) groups excluding carboxylic acids is 1. The molecular formula is C20H29N5O. The number of amides is 1. The molecule has 0 saturated carbocycles. The highest BCUT2D eigenvalue weighted by molar-refractivity contribution is 5.86. The molecule has 1 unspecified atom stereocenters. The lowest BCUT2D eigenvalue weighted by atomic mass is 10.2. The van der Waals surface area contributed by atoms with Gasteiger partial charge in [-0.3, -0.25) is 9.69 Å². The van der Waals surface area contributed by atoms with Gasteiger partial charge in [0, 0.05) is 46.3 Å². The summed E-state index contributed by atoms with van der Waals surface area (Å²) in [6.07, 6.45) is 5.61. The number of guanidine groups is 1. The topological polar surface area (TPSA) is 51.2 Å². The average molecular weight is 355 g/mol. The van der Waals surface area contributed by atoms with E-state index in [9.17, 15) is 4.79 Å². The molecule has 1 amide bonds. The molecule has 3 rings (SSSR count). The monoisotopic (exact) mass is 355 g/mol. The summed E-state index contributed by atoms with van der Waals surface area (Å²) in [6.45, 7) is 4.90. The Labute approximate surface area is 156 Å². The minimum absolute atomic E-state index is 0.0527. The Morgan fingerprint density at radius 1 is 1.23 bits per heavy atom. The van der Waals surface area contributed by atoms with Crippen molar-refractivity contribution in [1.82, 2.24) is 20.0 Å². The van der Waals surface area contributed by atoms with Gasteiger partial charge in [0.05, 0.1) is 13.1 Å². The largest absolute Gasteiger partial charge is 0.347 e. The van der Waals surface area contributed by atoms with Crippen LogP contribution in [0.2, 0.25) is 0 Å². The minimum Gasteiger partial charge on any atom is -0.347 e. The number of rotatable bonds is 5. The summed E-state index contributed by atoms with van der Waals surface area (Å²) in [4.78, 5) is 23.2. The Hall–Kier alpha value is -2.34. The smallest absolute Gasteiger partial charge is 0.241 e. The molecule has 0 radical (unpaired) electrons. The van der Waals surface area contributed by atoms with E-state index in [1.807, 2.05) is 18.2 Å². The second kappa shape index (κ2) is 8.85. The second-order valence-electron chi connectivity index (χ2n) is 7.08. The Kier molecular flexibility index (Phi) is 6.28. The molecule has 2 aliphatic heterocycles. The van der Waals surface area contributed by atoms with Crippen LogP contribution in [-0.2, 0) is 11.3 Å². The van der Waals surface area contributed by atoms with Gasteiger partial charge in [0.2, 0.25) is 5.91 Å². The van der Waals surface area contributed by atoms with Crippen molar-refractivity contribution in [3.05, 3.63) is 48.0 Å². The van der Waals surface area contributed by atoms with Crippen molar-refractivity contribution in [2.24, 2.45) is 4.99 Å². The van der Waals surface area contributed by atoms with Crippen LogP contribution < -0.4 is 5.32 Å². The van der Waals surface area contributed by atoms with E-state index in [1.54, 1.807) is 19.0 Å². The molecule has 26 heavy (non-hydrogen) atoms. The van der Waals surface area contributed by atoms with E-state index in [-0.39, 0.29) is 12.5 Å². The predicted molar refractivity (Wildman–Crippen MR) is 105 cm³/mol. The Bertz CT molecular complexity index is 647. The van der Waals surface area contributed by atoms with Gasteiger partial charge >= 0.3 is 0 Å². The van der Waals surface area contributed by atoms with Gasteiger partial charge in [-0.1, -0.05) is 42.5 Å². The quantitative estimate of drug-likeness (QED) is 0.489. The summed E-state index contributed by atoms with van der Waals surface area (Å²) >= 11 is 0. The maximum Gasteiger partial charge on any atom is 0.241 e. The standard InChI is InChI=1S/C20H29N5O/c1-23(2)19(26)15-22-20(21-14-17-8-4-3-5-9-17)25-13-10-18(16-25)24-11-6-7-12-24/h3-9,18H,10-16H2,1-2H3,(H,21,22). The number of nitrogens with one attached hydrogen (secondary N) is 1. The molecule has 1 aromatic rings. The first kappa shape index (κ1) is 18.5. The first-order valence-corrected chi connectivity index (χ1v) is 9.30. The van der Waals surface area contributed by atoms with Crippen molar-refractivity contribution in [3.63, 3.8) is 0 Å². The van der Waals surface area contributed by atoms with Crippen molar-refractivity contribution in [2.75, 3.05) is 46.8 Å². The number of aliphatic imine (C=N–C) groups is 1. The lowest BCUT2D eigenvalue weighted by Gasteiger charge is -2.26. The SMILES string of the molecule is CN(C)C(=O)CNC(=NCc1ccccc1)N1CCC(N2CC=CC2)C1. The third-order valence-electron chi connectivity index (χ3n) is 4.98. The summed E-state index contributed by atoms with van der Waals surface area (Å²) < 4.78 is 0. The van der Waals surface area contributed by atoms with Gasteiger partial charge in [-0.05, 0) is 12.0 Å². The van der Waals surface area contributed by atoms with E-state index >= 15 is 0 Å². The fourth-order valence-corrected chi connectivity index (χ4v) is 3.35. The molecule has 1 fully saturated rings. The van der Waals surface area contributed by atoms with Gasteiger partial charge in [0.25, 0.3) is 0 Å². The molecule has 1 N–H and O–H groups in total. The van der Waals surface area contributed by atoms with E-state index in [4.69, 9.17) is 4.99 Å². The van der Waals surface area contributed by atoms with Crippen LogP contribution in [0.5, 0.6) is 0 Å². The maximum absolute atomic E-state index is 12.0. The average Bonchev–Trinajstić information content (AvgIpc) is 3.33. The minimum atomic E-state index is 0.0527. The first-order valence-electron chi connectivity index (χ1n) is 9.30. The predicted octanol–water partition coefficient (Wildman–Crippen LogP) is 1.17. The van der Waals surface area contributed by atoms with E-state index < -0.39 is 0 Å². The zero-order valence-electron chi connectivity index (χ0n) is 15.8. The highest BCUT2D eigenvalue weighted by Gasteiger charge is 2.29. The van der Waals surface area contributed by atoms with Crippen LogP contribution in [0.4, 0.5) is 0 Å². The number of benzene rings is 1. The number of nitrogens with zero attached hydrogens (tertiary/aromatic N) is 4. The molecule has 1 aromatic carbocycles. The van der Waals surface area contributed by atoms with Crippen LogP contribution in [0.15, 0.2) is 47.5 Å². The third kappa shape index (κ3) is 4.85. The number of likely N-dealkylation sites (tertiary alicyclic amines) is 1. The van der Waals surface area contributed by atoms with Crippen molar-refractivity contribution < 1.29 is 4.79 Å². The Morgan fingerprint density at radius 2 is 1.96 bits per heavy atom. The fraction of sp³-hybridized carbons (Fsp3) is 0.500. The number of carbonyl (C=O) groups is 1. The van der Waals surface area contributed by atoms with Gasteiger partial charge in [-0.25, -0.2) is 4.99 Å².